The second-order valence-corrected chi connectivity index (χ2v) is 6.05. The number of nitrogens with zero attached hydrogens (tertiary/aromatic N) is 4. The summed E-state index contributed by atoms with van der Waals surface area (Å²) < 4.78 is 5.35. The summed E-state index contributed by atoms with van der Waals surface area (Å²) in [4.78, 5) is 26.8. The number of tetrazole rings is 1. The molecule has 1 fully saturated rings. The predicted molar refractivity (Wildman–Crippen MR) is 88.4 cm³/mol. The molecule has 1 amide bonds. The zero-order valence-corrected chi connectivity index (χ0v) is 14.1. The summed E-state index contributed by atoms with van der Waals surface area (Å²) >= 11 is 0. The highest BCUT2D eigenvalue weighted by Crippen LogP contribution is 2.37. The van der Waals surface area contributed by atoms with Gasteiger partial charge in [0.25, 0.3) is 0 Å². The molecule has 1 aromatic carbocycles. The molecule has 8 nitrogen and oxygen atoms in total. The number of esters is 1. The van der Waals surface area contributed by atoms with Crippen molar-refractivity contribution in [1.29, 1.82) is 0 Å². The van der Waals surface area contributed by atoms with Crippen LogP contribution in [0.25, 0.3) is 0 Å². The van der Waals surface area contributed by atoms with E-state index in [2.05, 4.69) is 20.6 Å². The van der Waals surface area contributed by atoms with Gasteiger partial charge in [0.05, 0.1) is 18.4 Å². The highest BCUT2D eigenvalue weighted by Gasteiger charge is 2.44. The molecule has 2 heterocycles. The maximum Gasteiger partial charge on any atom is 0.316 e. The summed E-state index contributed by atoms with van der Waals surface area (Å²) in [5.74, 6) is 0.0914. The second-order valence-electron chi connectivity index (χ2n) is 6.05. The van der Waals surface area contributed by atoms with E-state index in [0.717, 1.165) is 5.56 Å². The van der Waals surface area contributed by atoms with Crippen LogP contribution in [0, 0.1) is 0 Å². The van der Waals surface area contributed by atoms with Gasteiger partial charge < -0.3 is 9.64 Å². The molecule has 132 valence electrons. The number of H-pyrrole nitrogens is 1. The fourth-order valence-corrected chi connectivity index (χ4v) is 3.28. The van der Waals surface area contributed by atoms with E-state index in [1.807, 2.05) is 30.3 Å². The molecular formula is C17H21N5O3. The third-order valence-corrected chi connectivity index (χ3v) is 4.66. The number of hydrogen-bond acceptors (Lipinski definition) is 6. The molecule has 0 radical (unpaired) electrons. The highest BCUT2D eigenvalue weighted by atomic mass is 16.5. The van der Waals surface area contributed by atoms with Crippen LogP contribution in [0.3, 0.4) is 0 Å². The normalized spacial score (nSPS) is 16.4. The summed E-state index contributed by atoms with van der Waals surface area (Å²) in [5.41, 5.74) is 0.249. The fraction of sp³-hybridized carbons (Fsp3) is 0.471. The Labute approximate surface area is 145 Å². The summed E-state index contributed by atoms with van der Waals surface area (Å²) in [7, 11) is 0. The average Bonchev–Trinajstić information content (AvgIpc) is 3.15. The van der Waals surface area contributed by atoms with Gasteiger partial charge in [-0.05, 0) is 25.3 Å². The lowest BCUT2D eigenvalue weighted by atomic mass is 9.72. The number of likely N-dealkylation sites (tertiary alicyclic amines) is 1. The van der Waals surface area contributed by atoms with Crippen molar-refractivity contribution in [3.05, 3.63) is 41.7 Å². The van der Waals surface area contributed by atoms with E-state index in [-0.39, 0.29) is 18.3 Å². The van der Waals surface area contributed by atoms with E-state index in [9.17, 15) is 9.59 Å². The van der Waals surface area contributed by atoms with Gasteiger partial charge in [-0.3, -0.25) is 9.59 Å². The Kier molecular flexibility index (Phi) is 5.06. The lowest BCUT2D eigenvalue weighted by Crippen LogP contribution is -2.50. The van der Waals surface area contributed by atoms with Crippen LogP contribution in [0.2, 0.25) is 0 Å². The molecule has 0 bridgehead atoms. The van der Waals surface area contributed by atoms with Gasteiger partial charge in [-0.2, -0.15) is 5.21 Å². The Morgan fingerprint density at radius 3 is 2.56 bits per heavy atom. The molecule has 1 aliphatic heterocycles. The number of ether oxygens (including phenoxy) is 1. The van der Waals surface area contributed by atoms with E-state index in [1.54, 1.807) is 11.8 Å². The molecule has 1 saturated heterocycles. The molecule has 0 atom stereocenters. The number of amides is 1. The van der Waals surface area contributed by atoms with Gasteiger partial charge in [-0.25, -0.2) is 0 Å². The number of piperidine rings is 1. The molecule has 0 spiro atoms. The topological polar surface area (TPSA) is 101 Å². The van der Waals surface area contributed by atoms with E-state index in [1.165, 1.54) is 0 Å². The van der Waals surface area contributed by atoms with Crippen LogP contribution >= 0.6 is 0 Å². The Morgan fingerprint density at radius 1 is 1.24 bits per heavy atom. The third kappa shape index (κ3) is 3.52. The molecular weight excluding hydrogens is 322 g/mol. The molecule has 1 aliphatic rings. The van der Waals surface area contributed by atoms with Crippen LogP contribution in [0.5, 0.6) is 0 Å². The monoisotopic (exact) mass is 343 g/mol. The van der Waals surface area contributed by atoms with Crippen LogP contribution in [0.4, 0.5) is 0 Å². The molecule has 3 rings (SSSR count). The van der Waals surface area contributed by atoms with Crippen molar-refractivity contribution in [2.45, 2.75) is 31.6 Å². The molecule has 0 saturated carbocycles. The van der Waals surface area contributed by atoms with Gasteiger partial charge in [0.15, 0.2) is 5.82 Å². The van der Waals surface area contributed by atoms with E-state index >= 15 is 0 Å². The van der Waals surface area contributed by atoms with Gasteiger partial charge in [-0.1, -0.05) is 35.5 Å². The van der Waals surface area contributed by atoms with Crippen molar-refractivity contribution in [3.8, 4) is 0 Å². The summed E-state index contributed by atoms with van der Waals surface area (Å²) in [6.45, 7) is 3.13. The van der Waals surface area contributed by atoms with Gasteiger partial charge in [0.1, 0.15) is 0 Å². The minimum absolute atomic E-state index is 0.0630. The van der Waals surface area contributed by atoms with Gasteiger partial charge in [0.2, 0.25) is 5.91 Å². The predicted octanol–water partition coefficient (Wildman–Crippen LogP) is 0.866. The minimum Gasteiger partial charge on any atom is -0.465 e. The lowest BCUT2D eigenvalue weighted by molar-refractivity contribution is -0.154. The molecule has 1 aromatic heterocycles. The van der Waals surface area contributed by atoms with Crippen molar-refractivity contribution < 1.29 is 14.3 Å². The summed E-state index contributed by atoms with van der Waals surface area (Å²) in [6.07, 6.45) is 1.18. The first-order chi connectivity index (χ1) is 12.2. The fourth-order valence-electron chi connectivity index (χ4n) is 3.28. The van der Waals surface area contributed by atoms with Crippen molar-refractivity contribution >= 4 is 11.9 Å². The molecule has 1 N–H and O–H groups in total. The molecule has 0 aliphatic carbocycles. The molecule has 8 heteroatoms. The summed E-state index contributed by atoms with van der Waals surface area (Å²) in [6, 6.07) is 9.67. The number of hydrogen-bond donors (Lipinski definition) is 1. The van der Waals surface area contributed by atoms with Crippen molar-refractivity contribution in [2.75, 3.05) is 19.7 Å². The Bertz CT molecular complexity index is 709. The first kappa shape index (κ1) is 17.1. The average molecular weight is 343 g/mol. The van der Waals surface area contributed by atoms with Gasteiger partial charge in [-0.15, -0.1) is 10.2 Å². The summed E-state index contributed by atoms with van der Waals surface area (Å²) in [5, 5.41) is 13.4. The number of nitrogens with one attached hydrogen (secondary N) is 1. The number of carbonyl (C=O) groups excluding carboxylic acids is 2. The first-order valence-corrected chi connectivity index (χ1v) is 8.38. The maximum absolute atomic E-state index is 12.7. The maximum atomic E-state index is 12.7. The zero-order chi connectivity index (χ0) is 17.7. The van der Waals surface area contributed by atoms with Crippen molar-refractivity contribution in [3.63, 3.8) is 0 Å². The SMILES string of the molecule is CCOC(=O)C1(c2ccccc2)CCN(C(=O)Cc2nn[nH]n2)CC1. The number of aromatic amines is 1. The van der Waals surface area contributed by atoms with E-state index in [0.29, 0.717) is 38.4 Å². The molecule has 2 aromatic rings. The van der Waals surface area contributed by atoms with Crippen molar-refractivity contribution in [1.82, 2.24) is 25.5 Å². The van der Waals surface area contributed by atoms with E-state index < -0.39 is 5.41 Å². The van der Waals surface area contributed by atoms with Gasteiger partial charge in [0, 0.05) is 13.1 Å². The number of carbonyl (C=O) groups is 2. The Morgan fingerprint density at radius 2 is 1.96 bits per heavy atom. The zero-order valence-electron chi connectivity index (χ0n) is 14.1. The number of aromatic nitrogens is 4. The van der Waals surface area contributed by atoms with Crippen molar-refractivity contribution in [2.24, 2.45) is 0 Å². The molecule has 0 unspecified atom stereocenters. The lowest BCUT2D eigenvalue weighted by Gasteiger charge is -2.40. The largest absolute Gasteiger partial charge is 0.465 e. The smallest absolute Gasteiger partial charge is 0.316 e. The highest BCUT2D eigenvalue weighted by molar-refractivity contribution is 5.84. The van der Waals surface area contributed by atoms with Crippen LogP contribution in [0.15, 0.2) is 30.3 Å². The standard InChI is InChI=1S/C17H21N5O3/c1-2-25-16(24)17(13-6-4-3-5-7-13)8-10-22(11-9-17)15(23)12-14-18-20-21-19-14/h3-7H,2,8-12H2,1H3,(H,18,19,20,21). The number of rotatable bonds is 5. The Balaban J connectivity index is 1.73. The number of benzene rings is 1. The third-order valence-electron chi connectivity index (χ3n) is 4.66. The van der Waals surface area contributed by atoms with Crippen LogP contribution in [-0.4, -0.2) is 57.1 Å². The van der Waals surface area contributed by atoms with Gasteiger partial charge >= 0.3 is 5.97 Å². The van der Waals surface area contributed by atoms with Crippen LogP contribution < -0.4 is 0 Å². The quantitative estimate of drug-likeness (QED) is 0.808. The van der Waals surface area contributed by atoms with Crippen LogP contribution in [0.1, 0.15) is 31.2 Å². The minimum atomic E-state index is -0.694. The first-order valence-electron chi connectivity index (χ1n) is 8.38. The van der Waals surface area contributed by atoms with Crippen LogP contribution in [-0.2, 0) is 26.2 Å². The Hall–Kier alpha value is -2.77. The molecule has 25 heavy (non-hydrogen) atoms. The second kappa shape index (κ2) is 7.42. The van der Waals surface area contributed by atoms with E-state index in [4.69, 9.17) is 4.74 Å².